The van der Waals surface area contributed by atoms with Gasteiger partial charge in [0.1, 0.15) is 28.5 Å². The van der Waals surface area contributed by atoms with E-state index in [0.29, 0.717) is 21.5 Å². The van der Waals surface area contributed by atoms with Crippen LogP contribution < -0.4 is 5.32 Å². The number of aliphatic imine (C=N–C) groups is 2. The van der Waals surface area contributed by atoms with Crippen LogP contribution in [0.2, 0.25) is 10.0 Å². The van der Waals surface area contributed by atoms with E-state index in [1.54, 1.807) is 29.2 Å². The van der Waals surface area contributed by atoms with Crippen molar-refractivity contribution in [3.8, 4) is 0 Å². The van der Waals surface area contributed by atoms with E-state index in [-0.39, 0.29) is 29.8 Å². The van der Waals surface area contributed by atoms with Crippen LogP contribution in [-0.4, -0.2) is 51.8 Å². The molecule has 210 valence electrons. The van der Waals surface area contributed by atoms with Crippen molar-refractivity contribution < 1.29 is 14.4 Å². The zero-order chi connectivity index (χ0) is 28.3. The van der Waals surface area contributed by atoms with Gasteiger partial charge in [0, 0.05) is 21.2 Å². The minimum Gasteiger partial charge on any atom is -0.326 e. The number of amides is 2. The second kappa shape index (κ2) is 11.8. The molecule has 2 saturated carbocycles. The van der Waals surface area contributed by atoms with Crippen LogP contribution in [0.5, 0.6) is 0 Å². The molecule has 0 radical (unpaired) electrons. The van der Waals surface area contributed by atoms with Crippen LogP contribution in [0.1, 0.15) is 82.3 Å². The maximum Gasteiger partial charge on any atom is 0.275 e. The van der Waals surface area contributed by atoms with Gasteiger partial charge >= 0.3 is 0 Å². The third kappa shape index (κ3) is 6.01. The number of Topliss-reactive ketones (excluding diaryl/α,β-unsaturated/α-hetero) is 1. The zero-order valence-corrected chi connectivity index (χ0v) is 24.2. The van der Waals surface area contributed by atoms with E-state index in [4.69, 9.17) is 28.2 Å². The van der Waals surface area contributed by atoms with E-state index in [1.165, 1.54) is 13.3 Å². The van der Waals surface area contributed by atoms with Crippen LogP contribution in [0.25, 0.3) is 0 Å². The fourth-order valence-corrected chi connectivity index (χ4v) is 6.36. The molecule has 0 unspecified atom stereocenters. The number of nitrogens with one attached hydrogen (secondary N) is 1. The molecular weight excluding hydrogens is 547 g/mol. The van der Waals surface area contributed by atoms with Gasteiger partial charge in [-0.05, 0) is 82.6 Å². The zero-order valence-electron chi connectivity index (χ0n) is 22.7. The lowest BCUT2D eigenvalue weighted by Crippen LogP contribution is -2.50. The van der Waals surface area contributed by atoms with Crippen LogP contribution in [0.15, 0.2) is 58.5 Å². The molecule has 40 heavy (non-hydrogen) atoms. The first-order valence-corrected chi connectivity index (χ1v) is 14.8. The number of rotatable bonds is 4. The molecule has 2 aliphatic carbocycles. The summed E-state index contributed by atoms with van der Waals surface area (Å²) >= 11 is 11.8. The summed E-state index contributed by atoms with van der Waals surface area (Å²) in [5, 5.41) is 4.36. The van der Waals surface area contributed by atoms with Crippen molar-refractivity contribution in [2.45, 2.75) is 82.5 Å². The SMILES string of the molecule is CC(=O)CN1C(=O)C(c2ccc(Cl)cc2)=NC12CCCCC2.O=C1NC2(CCCCC2)N=C1c1ccc(Cl)cc1. The van der Waals surface area contributed by atoms with Crippen molar-refractivity contribution in [2.24, 2.45) is 9.98 Å². The summed E-state index contributed by atoms with van der Waals surface area (Å²) in [6.07, 6.45) is 10.3. The second-order valence-electron chi connectivity index (χ2n) is 11.1. The summed E-state index contributed by atoms with van der Waals surface area (Å²) in [5.74, 6) is -0.204. The fraction of sp³-hybridized carbons (Fsp3) is 0.452. The van der Waals surface area contributed by atoms with Crippen LogP contribution in [0.3, 0.4) is 0 Å². The topological polar surface area (TPSA) is 91.2 Å². The van der Waals surface area contributed by atoms with Crippen LogP contribution in [0.4, 0.5) is 0 Å². The number of ketones is 1. The fourth-order valence-electron chi connectivity index (χ4n) is 6.11. The van der Waals surface area contributed by atoms with E-state index >= 15 is 0 Å². The molecule has 0 saturated heterocycles. The van der Waals surface area contributed by atoms with E-state index in [2.05, 4.69) is 10.3 Å². The summed E-state index contributed by atoms with van der Waals surface area (Å²) < 4.78 is 0. The van der Waals surface area contributed by atoms with Crippen molar-refractivity contribution in [1.29, 1.82) is 0 Å². The van der Waals surface area contributed by atoms with Gasteiger partial charge in [0.2, 0.25) is 0 Å². The molecule has 0 bridgehead atoms. The van der Waals surface area contributed by atoms with Gasteiger partial charge in [0.15, 0.2) is 0 Å². The van der Waals surface area contributed by atoms with Crippen molar-refractivity contribution in [3.05, 3.63) is 69.7 Å². The third-order valence-corrected chi connectivity index (χ3v) is 8.61. The Morgan fingerprint density at radius 1 is 0.775 bits per heavy atom. The summed E-state index contributed by atoms with van der Waals surface area (Å²) in [6, 6.07) is 14.4. The van der Waals surface area contributed by atoms with Gasteiger partial charge in [-0.3, -0.25) is 24.4 Å². The second-order valence-corrected chi connectivity index (χ2v) is 12.0. The lowest BCUT2D eigenvalue weighted by atomic mass is 9.88. The van der Waals surface area contributed by atoms with Gasteiger partial charge in [-0.1, -0.05) is 60.3 Å². The highest BCUT2D eigenvalue weighted by Gasteiger charge is 2.48. The minimum absolute atomic E-state index is 0.00847. The number of hydrogen-bond acceptors (Lipinski definition) is 5. The Morgan fingerprint density at radius 2 is 1.27 bits per heavy atom. The van der Waals surface area contributed by atoms with Crippen molar-refractivity contribution in [3.63, 3.8) is 0 Å². The Hall–Kier alpha value is -3.03. The first-order valence-electron chi connectivity index (χ1n) is 14.1. The van der Waals surface area contributed by atoms with Crippen molar-refractivity contribution in [1.82, 2.24) is 10.2 Å². The highest BCUT2D eigenvalue weighted by Crippen LogP contribution is 2.39. The van der Waals surface area contributed by atoms with Gasteiger partial charge in [0.05, 0.1) is 6.54 Å². The number of carbonyl (C=O) groups is 3. The lowest BCUT2D eigenvalue weighted by Gasteiger charge is -2.38. The number of nitrogens with zero attached hydrogens (tertiary/aromatic N) is 3. The molecule has 6 rings (SSSR count). The van der Waals surface area contributed by atoms with Crippen LogP contribution in [-0.2, 0) is 14.4 Å². The molecule has 9 heteroatoms. The Morgan fingerprint density at radius 3 is 1.80 bits per heavy atom. The minimum atomic E-state index is -0.518. The van der Waals surface area contributed by atoms with Gasteiger partial charge in [0.25, 0.3) is 11.8 Å². The Labute approximate surface area is 245 Å². The Balaban J connectivity index is 0.000000164. The number of halogens is 2. The van der Waals surface area contributed by atoms with E-state index in [0.717, 1.165) is 68.9 Å². The summed E-state index contributed by atoms with van der Waals surface area (Å²) in [7, 11) is 0. The first-order chi connectivity index (χ1) is 19.2. The Bertz CT molecular complexity index is 1340. The van der Waals surface area contributed by atoms with E-state index in [9.17, 15) is 14.4 Å². The highest BCUT2D eigenvalue weighted by molar-refractivity contribution is 6.47. The molecule has 2 fully saturated rings. The molecule has 2 heterocycles. The molecule has 2 aromatic carbocycles. The normalized spacial score (nSPS) is 21.0. The third-order valence-electron chi connectivity index (χ3n) is 8.11. The maximum absolute atomic E-state index is 12.8. The predicted molar refractivity (Wildman–Crippen MR) is 158 cm³/mol. The lowest BCUT2D eigenvalue weighted by molar-refractivity contribution is -0.134. The standard InChI is InChI=1S/C17H19ClN2O2.C14H15ClN2O/c1-12(21)11-20-16(22)15(13-5-7-14(18)8-6-13)19-17(20)9-3-2-4-10-17;15-11-6-4-10(5-7-11)12-13(18)17-14(16-12)8-2-1-3-9-14/h5-8H,2-4,9-11H2,1H3;4-7H,1-3,8-9H2,(H,17,18). The largest absolute Gasteiger partial charge is 0.326 e. The first kappa shape index (κ1) is 28.5. The van der Waals surface area contributed by atoms with E-state index in [1.807, 2.05) is 24.3 Å². The molecule has 0 atom stereocenters. The molecule has 7 nitrogen and oxygen atoms in total. The molecule has 2 aromatic rings. The average Bonchev–Trinajstić information content (AvgIpc) is 3.39. The van der Waals surface area contributed by atoms with E-state index < -0.39 is 5.66 Å². The summed E-state index contributed by atoms with van der Waals surface area (Å²) in [4.78, 5) is 47.6. The van der Waals surface area contributed by atoms with Crippen LogP contribution >= 0.6 is 23.2 Å². The molecule has 0 aromatic heterocycles. The number of carbonyl (C=O) groups excluding carboxylic acids is 3. The van der Waals surface area contributed by atoms with Gasteiger partial charge < -0.3 is 10.2 Å². The van der Waals surface area contributed by atoms with Gasteiger partial charge in [-0.2, -0.15) is 0 Å². The van der Waals surface area contributed by atoms with Crippen LogP contribution in [0, 0.1) is 0 Å². The number of benzene rings is 2. The molecule has 1 N–H and O–H groups in total. The average molecular weight is 582 g/mol. The Kier molecular flexibility index (Phi) is 8.43. The smallest absolute Gasteiger partial charge is 0.275 e. The predicted octanol–water partition coefficient (Wildman–Crippen LogP) is 6.14. The van der Waals surface area contributed by atoms with Gasteiger partial charge in [-0.15, -0.1) is 0 Å². The molecule has 2 spiro atoms. The molecule has 2 aliphatic heterocycles. The quantitative estimate of drug-likeness (QED) is 0.470. The summed E-state index contributed by atoms with van der Waals surface area (Å²) in [5.41, 5.74) is 1.78. The maximum atomic E-state index is 12.8. The molecule has 4 aliphatic rings. The van der Waals surface area contributed by atoms with Crippen molar-refractivity contribution >= 4 is 52.2 Å². The number of hydrogen-bond donors (Lipinski definition) is 1. The summed E-state index contributed by atoms with van der Waals surface area (Å²) in [6.45, 7) is 1.66. The molecule has 2 amide bonds. The monoisotopic (exact) mass is 580 g/mol. The van der Waals surface area contributed by atoms with Gasteiger partial charge in [-0.25, -0.2) is 0 Å². The van der Waals surface area contributed by atoms with Crippen molar-refractivity contribution in [2.75, 3.05) is 6.54 Å². The molecular formula is C31H34Cl2N4O3. The highest BCUT2D eigenvalue weighted by atomic mass is 35.5.